The Morgan fingerprint density at radius 1 is 1.20 bits per heavy atom. The summed E-state index contributed by atoms with van der Waals surface area (Å²) >= 11 is 0. The molecule has 1 aromatic carbocycles. The molecule has 5 nitrogen and oxygen atoms in total. The largest absolute Gasteiger partial charge is 0.494 e. The molecule has 1 saturated heterocycles. The second-order valence-electron chi connectivity index (χ2n) is 5.10. The highest BCUT2D eigenvalue weighted by molar-refractivity contribution is 7.89. The third-order valence-corrected chi connectivity index (χ3v) is 5.60. The monoisotopic (exact) mass is 298 g/mol. The number of hydrogen-bond acceptors (Lipinski definition) is 4. The molecule has 1 aliphatic heterocycles. The van der Waals surface area contributed by atoms with Crippen molar-refractivity contribution < 1.29 is 13.2 Å². The van der Waals surface area contributed by atoms with Gasteiger partial charge in [0.1, 0.15) is 5.75 Å². The Labute approximate surface area is 121 Å². The van der Waals surface area contributed by atoms with E-state index in [1.807, 2.05) is 20.8 Å². The minimum absolute atomic E-state index is 0.0460. The van der Waals surface area contributed by atoms with Crippen LogP contribution in [-0.2, 0) is 10.0 Å². The first-order chi connectivity index (χ1) is 9.46. The highest BCUT2D eigenvalue weighted by Gasteiger charge is 2.35. The molecule has 0 aromatic heterocycles. The second kappa shape index (κ2) is 6.11. The fraction of sp³-hybridized carbons (Fsp3) is 0.571. The Bertz CT molecular complexity index is 532. The fourth-order valence-corrected chi connectivity index (χ4v) is 4.41. The molecule has 6 heteroatoms. The number of rotatable bonds is 4. The minimum atomic E-state index is -3.45. The Kier molecular flexibility index (Phi) is 4.67. The van der Waals surface area contributed by atoms with E-state index in [1.165, 1.54) is 0 Å². The van der Waals surface area contributed by atoms with E-state index in [9.17, 15) is 8.42 Å². The molecule has 2 atom stereocenters. The first kappa shape index (κ1) is 15.3. The number of ether oxygens (including phenoxy) is 1. The molecular formula is C14H22N2O3S. The third-order valence-electron chi connectivity index (χ3n) is 3.46. The Morgan fingerprint density at radius 2 is 1.75 bits per heavy atom. The minimum Gasteiger partial charge on any atom is -0.494 e. The van der Waals surface area contributed by atoms with Crippen molar-refractivity contribution in [1.29, 1.82) is 0 Å². The molecule has 0 radical (unpaired) electrons. The summed E-state index contributed by atoms with van der Waals surface area (Å²) in [6.45, 7) is 7.68. The van der Waals surface area contributed by atoms with Crippen LogP contribution in [0.4, 0.5) is 0 Å². The van der Waals surface area contributed by atoms with Crippen molar-refractivity contribution in [2.24, 2.45) is 0 Å². The van der Waals surface area contributed by atoms with Gasteiger partial charge in [0.25, 0.3) is 0 Å². The molecule has 0 unspecified atom stereocenters. The van der Waals surface area contributed by atoms with Gasteiger partial charge in [-0.2, -0.15) is 4.31 Å². The summed E-state index contributed by atoms with van der Waals surface area (Å²) in [5.41, 5.74) is 0. The zero-order chi connectivity index (χ0) is 14.8. The van der Waals surface area contributed by atoms with Crippen LogP contribution in [0, 0.1) is 0 Å². The number of nitrogens with zero attached hydrogens (tertiary/aromatic N) is 1. The van der Waals surface area contributed by atoms with Crippen LogP contribution in [0.1, 0.15) is 20.8 Å². The molecule has 1 fully saturated rings. The molecule has 112 valence electrons. The Balaban J connectivity index is 2.29. The van der Waals surface area contributed by atoms with Gasteiger partial charge in [-0.3, -0.25) is 0 Å². The molecule has 0 spiro atoms. The van der Waals surface area contributed by atoms with E-state index in [2.05, 4.69) is 5.32 Å². The van der Waals surface area contributed by atoms with Crippen LogP contribution in [0.15, 0.2) is 29.2 Å². The van der Waals surface area contributed by atoms with Gasteiger partial charge in [-0.15, -0.1) is 0 Å². The molecular weight excluding hydrogens is 276 g/mol. The van der Waals surface area contributed by atoms with Crippen LogP contribution >= 0.6 is 0 Å². The molecule has 1 heterocycles. The number of benzene rings is 1. The number of sulfonamides is 1. The molecule has 0 saturated carbocycles. The lowest BCUT2D eigenvalue weighted by Crippen LogP contribution is -2.57. The molecule has 1 aliphatic rings. The van der Waals surface area contributed by atoms with Crippen LogP contribution in [-0.4, -0.2) is 44.5 Å². The van der Waals surface area contributed by atoms with Crippen molar-refractivity contribution in [2.75, 3.05) is 19.7 Å². The maximum atomic E-state index is 12.7. The number of hydrogen-bond donors (Lipinski definition) is 1. The molecule has 0 bridgehead atoms. The van der Waals surface area contributed by atoms with Gasteiger partial charge < -0.3 is 10.1 Å². The quantitative estimate of drug-likeness (QED) is 0.914. The van der Waals surface area contributed by atoms with Crippen LogP contribution in [0.5, 0.6) is 5.75 Å². The zero-order valence-corrected chi connectivity index (χ0v) is 13.0. The topological polar surface area (TPSA) is 58.6 Å². The summed E-state index contributed by atoms with van der Waals surface area (Å²) < 4.78 is 32.4. The molecule has 0 aliphatic carbocycles. The Hall–Kier alpha value is -1.11. The smallest absolute Gasteiger partial charge is 0.243 e. The van der Waals surface area contributed by atoms with Gasteiger partial charge in [0.05, 0.1) is 11.5 Å². The molecule has 0 amide bonds. The molecule has 2 rings (SSSR count). The second-order valence-corrected chi connectivity index (χ2v) is 6.94. The van der Waals surface area contributed by atoms with Crippen molar-refractivity contribution in [3.05, 3.63) is 24.3 Å². The predicted octanol–water partition coefficient (Wildman–Crippen LogP) is 1.46. The van der Waals surface area contributed by atoms with E-state index in [0.717, 1.165) is 0 Å². The molecule has 1 aromatic rings. The molecule has 1 N–H and O–H groups in total. The average molecular weight is 298 g/mol. The third kappa shape index (κ3) is 2.97. The lowest BCUT2D eigenvalue weighted by atomic mass is 10.2. The van der Waals surface area contributed by atoms with Crippen molar-refractivity contribution in [3.8, 4) is 5.75 Å². The lowest BCUT2D eigenvalue weighted by molar-refractivity contribution is 0.220. The number of piperazine rings is 1. The van der Waals surface area contributed by atoms with E-state index in [0.29, 0.717) is 30.3 Å². The van der Waals surface area contributed by atoms with Crippen molar-refractivity contribution >= 4 is 10.0 Å². The zero-order valence-electron chi connectivity index (χ0n) is 12.2. The fourth-order valence-electron chi connectivity index (χ4n) is 2.59. The summed E-state index contributed by atoms with van der Waals surface area (Å²) in [6.07, 6.45) is 0. The van der Waals surface area contributed by atoms with E-state index in [1.54, 1.807) is 28.6 Å². The summed E-state index contributed by atoms with van der Waals surface area (Å²) in [5, 5.41) is 3.24. The predicted molar refractivity (Wildman–Crippen MR) is 78.4 cm³/mol. The van der Waals surface area contributed by atoms with Gasteiger partial charge in [-0.1, -0.05) is 0 Å². The van der Waals surface area contributed by atoms with Gasteiger partial charge in [0.2, 0.25) is 10.0 Å². The van der Waals surface area contributed by atoms with E-state index >= 15 is 0 Å². The lowest BCUT2D eigenvalue weighted by Gasteiger charge is -2.38. The van der Waals surface area contributed by atoms with Crippen molar-refractivity contribution in [3.63, 3.8) is 0 Å². The molecule has 20 heavy (non-hydrogen) atoms. The van der Waals surface area contributed by atoms with Crippen LogP contribution in [0.2, 0.25) is 0 Å². The highest BCUT2D eigenvalue weighted by atomic mass is 32.2. The summed E-state index contributed by atoms with van der Waals surface area (Å²) in [6, 6.07) is 6.54. The highest BCUT2D eigenvalue weighted by Crippen LogP contribution is 2.24. The summed E-state index contributed by atoms with van der Waals surface area (Å²) in [4.78, 5) is 0.321. The van der Waals surface area contributed by atoms with Crippen LogP contribution < -0.4 is 10.1 Å². The summed E-state index contributed by atoms with van der Waals surface area (Å²) in [7, 11) is -3.45. The first-order valence-corrected chi connectivity index (χ1v) is 8.38. The maximum Gasteiger partial charge on any atom is 0.243 e. The standard InChI is InChI=1S/C14H22N2O3S/c1-4-19-13-5-7-14(8-6-13)20(17,18)16-11(2)9-15-10-12(16)3/h5-8,11-12,15H,4,9-10H2,1-3H3/t11-,12+. The van der Waals surface area contributed by atoms with Crippen molar-refractivity contribution in [1.82, 2.24) is 9.62 Å². The van der Waals surface area contributed by atoms with E-state index in [-0.39, 0.29) is 12.1 Å². The van der Waals surface area contributed by atoms with Gasteiger partial charge in [0.15, 0.2) is 0 Å². The first-order valence-electron chi connectivity index (χ1n) is 6.94. The number of nitrogens with one attached hydrogen (secondary N) is 1. The average Bonchev–Trinajstić information content (AvgIpc) is 2.39. The Morgan fingerprint density at radius 3 is 2.25 bits per heavy atom. The normalized spacial score (nSPS) is 24.6. The van der Waals surface area contributed by atoms with Gasteiger partial charge in [-0.25, -0.2) is 8.42 Å². The van der Waals surface area contributed by atoms with Crippen LogP contribution in [0.3, 0.4) is 0 Å². The van der Waals surface area contributed by atoms with Crippen molar-refractivity contribution in [2.45, 2.75) is 37.8 Å². The maximum absolute atomic E-state index is 12.7. The van der Waals surface area contributed by atoms with E-state index < -0.39 is 10.0 Å². The van der Waals surface area contributed by atoms with Gasteiger partial charge in [0, 0.05) is 25.2 Å². The van der Waals surface area contributed by atoms with Gasteiger partial charge in [-0.05, 0) is 45.0 Å². The van der Waals surface area contributed by atoms with Gasteiger partial charge >= 0.3 is 0 Å². The SMILES string of the molecule is CCOc1ccc(S(=O)(=O)N2[C@H](C)CNC[C@@H]2C)cc1. The summed E-state index contributed by atoms with van der Waals surface area (Å²) in [5.74, 6) is 0.688. The van der Waals surface area contributed by atoms with E-state index in [4.69, 9.17) is 4.74 Å². The van der Waals surface area contributed by atoms with Crippen LogP contribution in [0.25, 0.3) is 0 Å².